The SMILES string of the molecule is CC(C)C(=O)OC1C2CC(C1OC(=O)C(C)C)C1c3ccccc3CC21. The van der Waals surface area contributed by atoms with Crippen molar-refractivity contribution in [1.82, 2.24) is 0 Å². The molecule has 6 unspecified atom stereocenters. The van der Waals surface area contributed by atoms with E-state index in [0.29, 0.717) is 11.8 Å². The highest BCUT2D eigenvalue weighted by molar-refractivity contribution is 5.73. The molecule has 4 heteroatoms. The van der Waals surface area contributed by atoms with Crippen molar-refractivity contribution in [1.29, 1.82) is 0 Å². The van der Waals surface area contributed by atoms with Crippen LogP contribution in [-0.4, -0.2) is 24.1 Å². The Hall–Kier alpha value is -1.84. The Balaban J connectivity index is 1.64. The average Bonchev–Trinajstić information content (AvgIpc) is 3.24. The van der Waals surface area contributed by atoms with Gasteiger partial charge in [-0.25, -0.2) is 0 Å². The molecule has 0 aliphatic heterocycles. The van der Waals surface area contributed by atoms with Crippen molar-refractivity contribution >= 4 is 11.9 Å². The number of carbonyl (C=O) groups is 2. The normalized spacial score (nSPS) is 34.1. The van der Waals surface area contributed by atoms with E-state index in [-0.39, 0.29) is 47.8 Å². The van der Waals surface area contributed by atoms with E-state index in [1.165, 1.54) is 11.1 Å². The van der Waals surface area contributed by atoms with E-state index in [1.54, 1.807) is 0 Å². The summed E-state index contributed by atoms with van der Waals surface area (Å²) in [5.74, 6) is 0.712. The van der Waals surface area contributed by atoms with Gasteiger partial charge in [-0.15, -0.1) is 0 Å². The standard InChI is InChI=1S/C22H28O4/c1-11(2)21(23)25-19-16-10-17(20(19)26-22(24)12(3)4)18-14-8-6-5-7-13(14)9-15(16)18/h5-8,11-12,15-20H,9-10H2,1-4H3. The molecule has 2 bridgehead atoms. The molecule has 140 valence electrons. The van der Waals surface area contributed by atoms with Crippen molar-refractivity contribution in [3.63, 3.8) is 0 Å². The Morgan fingerprint density at radius 1 is 0.885 bits per heavy atom. The molecule has 0 N–H and O–H groups in total. The van der Waals surface area contributed by atoms with Gasteiger partial charge in [0.05, 0.1) is 11.8 Å². The quantitative estimate of drug-likeness (QED) is 0.772. The number of fused-ring (bicyclic) bond motifs is 7. The first-order chi connectivity index (χ1) is 12.4. The minimum Gasteiger partial charge on any atom is -0.458 e. The van der Waals surface area contributed by atoms with Crippen molar-refractivity contribution < 1.29 is 19.1 Å². The molecule has 0 spiro atoms. The molecule has 6 atom stereocenters. The van der Waals surface area contributed by atoms with E-state index < -0.39 is 0 Å². The van der Waals surface area contributed by atoms with Crippen LogP contribution in [0.25, 0.3) is 0 Å². The number of benzene rings is 1. The Morgan fingerprint density at radius 2 is 1.46 bits per heavy atom. The van der Waals surface area contributed by atoms with Gasteiger partial charge < -0.3 is 9.47 Å². The molecule has 4 nitrogen and oxygen atoms in total. The molecule has 0 aromatic heterocycles. The number of ether oxygens (including phenoxy) is 2. The predicted molar refractivity (Wildman–Crippen MR) is 97.4 cm³/mol. The summed E-state index contributed by atoms with van der Waals surface area (Å²) in [6.45, 7) is 7.38. The van der Waals surface area contributed by atoms with Crippen LogP contribution in [0, 0.1) is 29.6 Å². The van der Waals surface area contributed by atoms with E-state index in [2.05, 4.69) is 24.3 Å². The monoisotopic (exact) mass is 356 g/mol. The third-order valence-electron chi connectivity index (χ3n) is 6.50. The highest BCUT2D eigenvalue weighted by atomic mass is 16.6. The summed E-state index contributed by atoms with van der Waals surface area (Å²) < 4.78 is 11.8. The van der Waals surface area contributed by atoms with Crippen molar-refractivity contribution in [3.8, 4) is 0 Å². The number of hydrogen-bond acceptors (Lipinski definition) is 4. The first-order valence-electron chi connectivity index (χ1n) is 9.87. The Kier molecular flexibility index (Phi) is 4.32. The van der Waals surface area contributed by atoms with Crippen LogP contribution in [0.4, 0.5) is 0 Å². The maximum Gasteiger partial charge on any atom is 0.308 e. The van der Waals surface area contributed by atoms with Crippen LogP contribution < -0.4 is 0 Å². The zero-order chi connectivity index (χ0) is 18.6. The van der Waals surface area contributed by atoms with Gasteiger partial charge in [-0.3, -0.25) is 9.59 Å². The predicted octanol–water partition coefficient (Wildman–Crippen LogP) is 3.73. The fraction of sp³-hybridized carbons (Fsp3) is 0.636. The largest absolute Gasteiger partial charge is 0.458 e. The van der Waals surface area contributed by atoms with Crippen LogP contribution in [0.15, 0.2) is 24.3 Å². The summed E-state index contributed by atoms with van der Waals surface area (Å²) in [7, 11) is 0. The lowest BCUT2D eigenvalue weighted by Crippen LogP contribution is -2.46. The number of carbonyl (C=O) groups excluding carboxylic acids is 2. The molecule has 1 aromatic rings. The molecule has 2 saturated carbocycles. The van der Waals surface area contributed by atoms with Gasteiger partial charge >= 0.3 is 11.9 Å². The van der Waals surface area contributed by atoms with Crippen LogP contribution in [0.3, 0.4) is 0 Å². The van der Waals surface area contributed by atoms with Gasteiger partial charge in [-0.05, 0) is 35.8 Å². The second-order valence-electron chi connectivity index (χ2n) is 8.77. The van der Waals surface area contributed by atoms with Gasteiger partial charge in [-0.1, -0.05) is 52.0 Å². The molecule has 0 heterocycles. The van der Waals surface area contributed by atoms with E-state index >= 15 is 0 Å². The number of rotatable bonds is 4. The van der Waals surface area contributed by atoms with Gasteiger partial charge in [-0.2, -0.15) is 0 Å². The molecule has 1 aromatic carbocycles. The Bertz CT molecular complexity index is 723. The lowest BCUT2D eigenvalue weighted by Gasteiger charge is -2.38. The zero-order valence-electron chi connectivity index (χ0n) is 16.0. The zero-order valence-corrected chi connectivity index (χ0v) is 16.0. The van der Waals surface area contributed by atoms with Gasteiger partial charge in [0.15, 0.2) is 0 Å². The van der Waals surface area contributed by atoms with E-state index in [0.717, 1.165) is 12.8 Å². The molecule has 0 saturated heterocycles. The summed E-state index contributed by atoms with van der Waals surface area (Å²) in [5.41, 5.74) is 2.81. The first kappa shape index (κ1) is 17.6. The second-order valence-corrected chi connectivity index (χ2v) is 8.77. The van der Waals surface area contributed by atoms with Crippen LogP contribution in [-0.2, 0) is 25.5 Å². The second kappa shape index (κ2) is 6.40. The molecule has 4 rings (SSSR count). The van der Waals surface area contributed by atoms with Gasteiger partial charge in [0.2, 0.25) is 0 Å². The highest BCUT2D eigenvalue weighted by Crippen LogP contribution is 2.62. The maximum absolute atomic E-state index is 12.3. The highest BCUT2D eigenvalue weighted by Gasteiger charge is 2.63. The summed E-state index contributed by atoms with van der Waals surface area (Å²) >= 11 is 0. The number of hydrogen-bond donors (Lipinski definition) is 0. The molecule has 3 aliphatic rings. The lowest BCUT2D eigenvalue weighted by atomic mass is 9.76. The van der Waals surface area contributed by atoms with Gasteiger partial charge in [0.1, 0.15) is 12.2 Å². The van der Waals surface area contributed by atoms with Crippen molar-refractivity contribution in [2.24, 2.45) is 29.6 Å². The lowest BCUT2D eigenvalue weighted by molar-refractivity contribution is -0.179. The number of esters is 2. The molecule has 26 heavy (non-hydrogen) atoms. The summed E-state index contributed by atoms with van der Waals surface area (Å²) in [5, 5.41) is 0. The summed E-state index contributed by atoms with van der Waals surface area (Å²) in [6, 6.07) is 8.61. The van der Waals surface area contributed by atoms with E-state index in [4.69, 9.17) is 9.47 Å². The minimum atomic E-state index is -0.315. The fourth-order valence-electron chi connectivity index (χ4n) is 5.31. The molecular formula is C22H28O4. The minimum absolute atomic E-state index is 0.174. The van der Waals surface area contributed by atoms with Crippen LogP contribution >= 0.6 is 0 Å². The van der Waals surface area contributed by atoms with Crippen molar-refractivity contribution in [2.45, 2.75) is 58.7 Å². The van der Waals surface area contributed by atoms with Crippen molar-refractivity contribution in [3.05, 3.63) is 35.4 Å². The summed E-state index contributed by atoms with van der Waals surface area (Å²) in [4.78, 5) is 24.6. The average molecular weight is 356 g/mol. The molecule has 0 radical (unpaired) electrons. The fourth-order valence-corrected chi connectivity index (χ4v) is 5.31. The van der Waals surface area contributed by atoms with Crippen LogP contribution in [0.2, 0.25) is 0 Å². The van der Waals surface area contributed by atoms with Crippen molar-refractivity contribution in [2.75, 3.05) is 0 Å². The smallest absolute Gasteiger partial charge is 0.308 e. The molecule has 3 aliphatic carbocycles. The van der Waals surface area contributed by atoms with E-state index in [1.807, 2.05) is 27.7 Å². The maximum atomic E-state index is 12.3. The molecular weight excluding hydrogens is 328 g/mol. The topological polar surface area (TPSA) is 52.6 Å². The van der Waals surface area contributed by atoms with E-state index in [9.17, 15) is 9.59 Å². The van der Waals surface area contributed by atoms with Crippen LogP contribution in [0.5, 0.6) is 0 Å². The van der Waals surface area contributed by atoms with Crippen LogP contribution in [0.1, 0.15) is 51.2 Å². The van der Waals surface area contributed by atoms with Gasteiger partial charge in [0.25, 0.3) is 0 Å². The third kappa shape index (κ3) is 2.65. The summed E-state index contributed by atoms with van der Waals surface area (Å²) in [6.07, 6.45) is 1.41. The third-order valence-corrected chi connectivity index (χ3v) is 6.50. The molecule has 2 fully saturated rings. The molecule has 0 amide bonds. The van der Waals surface area contributed by atoms with Gasteiger partial charge in [0, 0.05) is 11.8 Å². The Morgan fingerprint density at radius 3 is 2.08 bits per heavy atom. The first-order valence-corrected chi connectivity index (χ1v) is 9.87. The Labute approximate surface area is 155 Å².